The van der Waals surface area contributed by atoms with Crippen molar-refractivity contribution in [3.05, 3.63) is 93.5 Å². The van der Waals surface area contributed by atoms with Crippen molar-refractivity contribution in [2.24, 2.45) is 0 Å². The summed E-state index contributed by atoms with van der Waals surface area (Å²) in [5, 5.41) is 23.6. The Morgan fingerprint density at radius 2 is 1.65 bits per heavy atom. The van der Waals surface area contributed by atoms with Crippen LogP contribution in [0.5, 0.6) is 0 Å². The first kappa shape index (κ1) is 28.8. The van der Waals surface area contributed by atoms with Gasteiger partial charge in [0.05, 0.1) is 21.5 Å². The summed E-state index contributed by atoms with van der Waals surface area (Å²) < 4.78 is 26.0. The minimum atomic E-state index is -4.06. The van der Waals surface area contributed by atoms with Gasteiger partial charge >= 0.3 is 35.5 Å². The first-order valence-corrected chi connectivity index (χ1v) is 12.4. The number of halogens is 2. The van der Waals surface area contributed by atoms with Gasteiger partial charge in [0.25, 0.3) is 0 Å². The zero-order chi connectivity index (χ0) is 24.2. The molecule has 0 fully saturated rings. The molecule has 0 aliphatic rings. The number of carboxylic acids is 1. The molecule has 0 bridgehead atoms. The van der Waals surface area contributed by atoms with Gasteiger partial charge in [-0.25, -0.2) is 13.2 Å². The number of aliphatic hydroxyl groups is 1. The summed E-state index contributed by atoms with van der Waals surface area (Å²) in [5.41, 5.74) is 1.27. The van der Waals surface area contributed by atoms with Crippen LogP contribution in [0, 0.1) is 0 Å². The zero-order valence-corrected chi connectivity index (χ0v) is 20.0. The Morgan fingerprint density at radius 3 is 2.26 bits per heavy atom. The van der Waals surface area contributed by atoms with Crippen molar-refractivity contribution in [2.75, 3.05) is 6.54 Å². The molecule has 0 saturated carbocycles. The molecule has 0 aromatic heterocycles. The molecule has 3 N–H and O–H groups in total. The molecule has 0 spiro atoms. The molecule has 3 rings (SSSR count). The maximum absolute atomic E-state index is 13.0. The average molecular weight is 532 g/mol. The van der Waals surface area contributed by atoms with Crippen LogP contribution in [0.25, 0.3) is 0 Å². The van der Waals surface area contributed by atoms with Gasteiger partial charge in [0.1, 0.15) is 0 Å². The second-order valence-electron chi connectivity index (χ2n) is 7.68. The summed E-state index contributed by atoms with van der Waals surface area (Å²) in [4.78, 5) is 11.1. The SMILES string of the molecule is C[C@H](Cc1ccc(S(=O)(=O)c2cc(Cl)ccc2C(=O)O)cc1)NC[C@@H](O)c1cccc(Cl)c1.[NaH]. The Morgan fingerprint density at radius 1 is 1.00 bits per heavy atom. The molecular formula is C24H24Cl2NNaO5S. The van der Waals surface area contributed by atoms with Crippen LogP contribution in [0.4, 0.5) is 0 Å². The van der Waals surface area contributed by atoms with Gasteiger partial charge in [-0.1, -0.05) is 47.5 Å². The van der Waals surface area contributed by atoms with Crippen molar-refractivity contribution < 1.29 is 23.4 Å². The predicted molar refractivity (Wildman–Crippen MR) is 135 cm³/mol. The molecule has 0 amide bonds. The van der Waals surface area contributed by atoms with Crippen molar-refractivity contribution in [2.45, 2.75) is 35.3 Å². The van der Waals surface area contributed by atoms with E-state index in [0.29, 0.717) is 18.0 Å². The Bertz CT molecular complexity index is 1250. The fraction of sp³-hybridized carbons (Fsp3) is 0.208. The topological polar surface area (TPSA) is 104 Å². The second kappa shape index (κ2) is 12.5. The van der Waals surface area contributed by atoms with Crippen molar-refractivity contribution in [3.63, 3.8) is 0 Å². The average Bonchev–Trinajstić information content (AvgIpc) is 2.77. The number of hydrogen-bond acceptors (Lipinski definition) is 5. The maximum atomic E-state index is 13.0. The van der Waals surface area contributed by atoms with Crippen LogP contribution in [0.15, 0.2) is 76.5 Å². The van der Waals surface area contributed by atoms with Gasteiger partial charge in [0.2, 0.25) is 9.84 Å². The number of carboxylic acid groups (broad SMARTS) is 1. The van der Waals surface area contributed by atoms with E-state index in [1.807, 2.05) is 6.92 Å². The van der Waals surface area contributed by atoms with E-state index in [2.05, 4.69) is 5.32 Å². The first-order valence-electron chi connectivity index (χ1n) is 10.1. The number of hydrogen-bond donors (Lipinski definition) is 3. The Kier molecular flexibility index (Phi) is 10.6. The van der Waals surface area contributed by atoms with Crippen molar-refractivity contribution in [1.29, 1.82) is 0 Å². The fourth-order valence-electron chi connectivity index (χ4n) is 3.40. The van der Waals surface area contributed by atoms with Crippen LogP contribution >= 0.6 is 23.2 Å². The molecule has 2 atom stereocenters. The molecule has 0 aliphatic heterocycles. The summed E-state index contributed by atoms with van der Waals surface area (Å²) in [7, 11) is -4.06. The van der Waals surface area contributed by atoms with Gasteiger partial charge in [-0.3, -0.25) is 0 Å². The van der Waals surface area contributed by atoms with Gasteiger partial charge in [-0.15, -0.1) is 0 Å². The van der Waals surface area contributed by atoms with Crippen LogP contribution in [0.3, 0.4) is 0 Å². The molecule has 6 nitrogen and oxygen atoms in total. The molecule has 0 heterocycles. The van der Waals surface area contributed by atoms with Crippen molar-refractivity contribution in [3.8, 4) is 0 Å². The standard InChI is InChI=1S/C24H23Cl2NO5S.Na.H/c1-15(27-14-22(28)17-3-2-4-18(25)12-17)11-16-5-8-20(9-6-16)33(31,32)23-13-19(26)7-10-21(23)24(29)30;;/h2-10,12-13,15,22,27-28H,11,14H2,1H3,(H,29,30);;/t15-,22-;;/m1../s1. The van der Waals surface area contributed by atoms with Gasteiger partial charge in [0.15, 0.2) is 0 Å². The number of rotatable bonds is 9. The molecule has 0 unspecified atom stereocenters. The molecule has 3 aromatic rings. The van der Waals surface area contributed by atoms with Crippen LogP contribution in [-0.4, -0.2) is 66.7 Å². The van der Waals surface area contributed by atoms with Crippen LogP contribution in [0.1, 0.15) is 34.5 Å². The number of carbonyl (C=O) groups is 1. The molecule has 34 heavy (non-hydrogen) atoms. The van der Waals surface area contributed by atoms with E-state index in [-0.39, 0.29) is 56.0 Å². The molecular weight excluding hydrogens is 508 g/mol. The first-order chi connectivity index (χ1) is 15.6. The zero-order valence-electron chi connectivity index (χ0n) is 17.7. The Labute approximate surface area is 231 Å². The van der Waals surface area contributed by atoms with E-state index < -0.39 is 21.9 Å². The number of nitrogens with one attached hydrogen (secondary N) is 1. The summed E-state index contributed by atoms with van der Waals surface area (Å²) in [6.07, 6.45) is -0.111. The molecule has 176 valence electrons. The van der Waals surface area contributed by atoms with E-state index in [9.17, 15) is 23.4 Å². The Balaban J connectivity index is 0.00000408. The third-order valence-electron chi connectivity index (χ3n) is 5.13. The van der Waals surface area contributed by atoms with Crippen LogP contribution in [0.2, 0.25) is 10.0 Å². The number of aromatic carboxylic acids is 1. The van der Waals surface area contributed by atoms with Gasteiger partial charge in [0, 0.05) is 22.6 Å². The molecule has 3 aromatic carbocycles. The summed E-state index contributed by atoms with van der Waals surface area (Å²) in [5.74, 6) is -1.35. The summed E-state index contributed by atoms with van der Waals surface area (Å²) in [6, 6.07) is 17.0. The number of sulfone groups is 1. The van der Waals surface area contributed by atoms with E-state index >= 15 is 0 Å². The van der Waals surface area contributed by atoms with Crippen LogP contribution in [-0.2, 0) is 16.3 Å². The van der Waals surface area contributed by atoms with E-state index in [1.165, 1.54) is 24.3 Å². The van der Waals surface area contributed by atoms with Crippen LogP contribution < -0.4 is 5.32 Å². The predicted octanol–water partition coefficient (Wildman–Crippen LogP) is 4.13. The third-order valence-corrected chi connectivity index (χ3v) is 7.41. The summed E-state index contributed by atoms with van der Waals surface area (Å²) in [6.45, 7) is 2.29. The van der Waals surface area contributed by atoms with Crippen molar-refractivity contribution >= 4 is 68.6 Å². The molecule has 0 aliphatic carbocycles. The molecule has 0 radical (unpaired) electrons. The van der Waals surface area contributed by atoms with E-state index in [0.717, 1.165) is 17.2 Å². The number of aliphatic hydroxyl groups excluding tert-OH is 1. The molecule has 0 saturated heterocycles. The molecule has 10 heteroatoms. The van der Waals surface area contributed by atoms with E-state index in [1.54, 1.807) is 36.4 Å². The summed E-state index contributed by atoms with van der Waals surface area (Å²) >= 11 is 11.9. The monoisotopic (exact) mass is 531 g/mol. The third kappa shape index (κ3) is 7.29. The Hall–Kier alpha value is -1.42. The second-order valence-corrected chi connectivity index (χ2v) is 10.5. The number of benzene rings is 3. The van der Waals surface area contributed by atoms with E-state index in [4.69, 9.17) is 23.2 Å². The fourth-order valence-corrected chi connectivity index (χ4v) is 5.31. The van der Waals surface area contributed by atoms with Gasteiger partial charge in [-0.2, -0.15) is 0 Å². The van der Waals surface area contributed by atoms with Gasteiger partial charge < -0.3 is 15.5 Å². The quantitative estimate of drug-likeness (QED) is 0.358. The van der Waals surface area contributed by atoms with Crippen molar-refractivity contribution in [1.82, 2.24) is 5.32 Å². The van der Waals surface area contributed by atoms with Gasteiger partial charge in [-0.05, 0) is 66.9 Å². The minimum absolute atomic E-state index is 0. The normalized spacial score (nSPS) is 13.1.